The molecule has 2 aromatic rings. The van der Waals surface area contributed by atoms with Gasteiger partial charge in [-0.05, 0) is 49.3 Å². The number of aromatic nitrogens is 2. The Morgan fingerprint density at radius 2 is 1.70 bits per heavy atom. The smallest absolute Gasteiger partial charge is 0.321 e. The van der Waals surface area contributed by atoms with Crippen molar-refractivity contribution in [3.63, 3.8) is 0 Å². The molecule has 1 aromatic heterocycles. The van der Waals surface area contributed by atoms with Crippen LogP contribution in [0.5, 0.6) is 0 Å². The van der Waals surface area contributed by atoms with E-state index in [-0.39, 0.29) is 41.5 Å². The first-order chi connectivity index (χ1) is 14.5. The fraction of sp³-hybridized carbons (Fsp3) is 0.381. The second-order valence-corrected chi connectivity index (χ2v) is 9.14. The number of rotatable bonds is 4. The highest BCUT2D eigenvalue weighted by atomic mass is 32.1. The highest BCUT2D eigenvalue weighted by Crippen LogP contribution is 2.50. The molecule has 4 atom stereocenters. The van der Waals surface area contributed by atoms with Gasteiger partial charge in [0.15, 0.2) is 0 Å². The van der Waals surface area contributed by atoms with Crippen molar-refractivity contribution in [1.29, 1.82) is 0 Å². The van der Waals surface area contributed by atoms with Gasteiger partial charge in [-0.3, -0.25) is 19.8 Å². The molecule has 1 aromatic carbocycles. The molecule has 4 unspecified atom stereocenters. The molecule has 4 aliphatic rings. The van der Waals surface area contributed by atoms with E-state index in [9.17, 15) is 14.4 Å². The van der Waals surface area contributed by atoms with Gasteiger partial charge in [0.25, 0.3) is 0 Å². The number of hydrogen-bond donors (Lipinski definition) is 2. The maximum absolute atomic E-state index is 13.0. The van der Waals surface area contributed by atoms with Crippen LogP contribution in [0.3, 0.4) is 0 Å². The molecule has 2 bridgehead atoms. The number of amides is 4. The number of fused-ring (bicyclic) bond motifs is 1. The Hall–Kier alpha value is -3.07. The number of nitrogens with zero attached hydrogens (tertiary/aromatic N) is 3. The van der Waals surface area contributed by atoms with E-state index in [1.54, 1.807) is 12.1 Å². The number of nitrogens with one attached hydrogen (secondary N) is 2. The molecule has 8 nitrogen and oxygen atoms in total. The largest absolute Gasteiger partial charge is 0.334 e. The first-order valence-electron chi connectivity index (χ1n) is 10.0. The molecule has 1 saturated carbocycles. The second kappa shape index (κ2) is 7.32. The summed E-state index contributed by atoms with van der Waals surface area (Å²) in [6.45, 7) is 2.12. The van der Waals surface area contributed by atoms with Crippen molar-refractivity contribution in [2.45, 2.75) is 26.3 Å². The topological polar surface area (TPSA) is 104 Å². The van der Waals surface area contributed by atoms with E-state index in [0.29, 0.717) is 17.4 Å². The van der Waals surface area contributed by atoms with Crippen molar-refractivity contribution < 1.29 is 14.4 Å². The van der Waals surface area contributed by atoms with Crippen molar-refractivity contribution in [2.75, 3.05) is 10.2 Å². The van der Waals surface area contributed by atoms with E-state index in [1.807, 2.05) is 19.1 Å². The number of allylic oxidation sites excluding steroid dienone is 2. The molecule has 6 rings (SSSR count). The molecule has 4 amide bonds. The Morgan fingerprint density at radius 1 is 1.07 bits per heavy atom. The van der Waals surface area contributed by atoms with Gasteiger partial charge in [0.2, 0.25) is 16.9 Å². The van der Waals surface area contributed by atoms with Crippen LogP contribution in [-0.4, -0.2) is 28.0 Å². The Bertz CT molecular complexity index is 1020. The standard InChI is InChI=1S/C21H21N5O3S/c1-11-24-25-21(30-11)23-20(29)22-10-12-2-8-15(9-3-12)26-18(27)16-13-4-5-14(7-6-13)17(16)19(26)28/h2-5,8-9,13-14,16-17H,6-7,10H2,1H3,(H2,22,23,25,29). The van der Waals surface area contributed by atoms with Crippen LogP contribution in [0.15, 0.2) is 36.4 Å². The van der Waals surface area contributed by atoms with Gasteiger partial charge < -0.3 is 5.32 Å². The number of imide groups is 1. The molecule has 154 valence electrons. The number of urea groups is 1. The van der Waals surface area contributed by atoms with Crippen molar-refractivity contribution in [3.8, 4) is 0 Å². The summed E-state index contributed by atoms with van der Waals surface area (Å²) in [5.74, 6) is -0.227. The summed E-state index contributed by atoms with van der Waals surface area (Å²) >= 11 is 1.30. The van der Waals surface area contributed by atoms with Crippen LogP contribution >= 0.6 is 11.3 Å². The van der Waals surface area contributed by atoms with Crippen molar-refractivity contribution >= 4 is 40.0 Å². The minimum absolute atomic E-state index is 0.0818. The third-order valence-electron chi connectivity index (χ3n) is 6.15. The number of anilines is 2. The van der Waals surface area contributed by atoms with Gasteiger partial charge in [0.05, 0.1) is 17.5 Å². The fourth-order valence-electron chi connectivity index (χ4n) is 4.76. The van der Waals surface area contributed by atoms with Crippen LogP contribution in [0.25, 0.3) is 0 Å². The molecule has 2 N–H and O–H groups in total. The van der Waals surface area contributed by atoms with Gasteiger partial charge in [-0.2, -0.15) is 0 Å². The average Bonchev–Trinajstić information content (AvgIpc) is 3.29. The summed E-state index contributed by atoms with van der Waals surface area (Å²) in [5.41, 5.74) is 1.46. The van der Waals surface area contributed by atoms with Crippen LogP contribution < -0.4 is 15.5 Å². The Labute approximate surface area is 177 Å². The molecular formula is C21H21N5O3S. The molecule has 9 heteroatoms. The maximum atomic E-state index is 13.0. The van der Waals surface area contributed by atoms with Gasteiger partial charge in [-0.15, -0.1) is 10.2 Å². The zero-order chi connectivity index (χ0) is 20.8. The van der Waals surface area contributed by atoms with Crippen LogP contribution in [0.1, 0.15) is 23.4 Å². The van der Waals surface area contributed by atoms with Crippen molar-refractivity contribution in [1.82, 2.24) is 15.5 Å². The average molecular weight is 423 g/mol. The monoisotopic (exact) mass is 423 g/mol. The summed E-state index contributed by atoms with van der Waals surface area (Å²) < 4.78 is 0. The summed E-state index contributed by atoms with van der Waals surface area (Å²) in [6.07, 6.45) is 6.21. The van der Waals surface area contributed by atoms with Crippen molar-refractivity contribution in [3.05, 3.63) is 47.0 Å². The summed E-state index contributed by atoms with van der Waals surface area (Å²) in [5, 5.41) is 14.3. The van der Waals surface area contributed by atoms with Gasteiger partial charge in [0, 0.05) is 6.54 Å². The lowest BCUT2D eigenvalue weighted by Gasteiger charge is -2.38. The van der Waals surface area contributed by atoms with E-state index in [2.05, 4.69) is 33.0 Å². The predicted octanol–water partition coefficient (Wildman–Crippen LogP) is 2.87. The molecule has 0 radical (unpaired) electrons. The lowest BCUT2D eigenvalue weighted by molar-refractivity contribution is -0.124. The molecule has 1 saturated heterocycles. The number of benzene rings is 1. The normalized spacial score (nSPS) is 26.8. The number of carbonyl (C=O) groups excluding carboxylic acids is 3. The SMILES string of the molecule is Cc1nnc(NC(=O)NCc2ccc(N3C(=O)C4C5C=CC(CC5)C4C3=O)cc2)s1. The lowest BCUT2D eigenvalue weighted by Crippen LogP contribution is -2.38. The molecule has 2 heterocycles. The third kappa shape index (κ3) is 3.19. The predicted molar refractivity (Wildman–Crippen MR) is 112 cm³/mol. The van der Waals surface area contributed by atoms with Crippen LogP contribution in [0.4, 0.5) is 15.6 Å². The van der Waals surface area contributed by atoms with Gasteiger partial charge in [-0.1, -0.05) is 35.6 Å². The highest BCUT2D eigenvalue weighted by Gasteiger charge is 2.56. The highest BCUT2D eigenvalue weighted by molar-refractivity contribution is 7.15. The maximum Gasteiger partial charge on any atom is 0.321 e. The molecule has 3 aliphatic carbocycles. The van der Waals surface area contributed by atoms with Crippen LogP contribution in [0.2, 0.25) is 0 Å². The molecule has 0 spiro atoms. The fourth-order valence-corrected chi connectivity index (χ4v) is 5.35. The molecular weight excluding hydrogens is 402 g/mol. The van der Waals surface area contributed by atoms with Crippen LogP contribution in [0, 0.1) is 30.6 Å². The first kappa shape index (κ1) is 18.9. The zero-order valence-electron chi connectivity index (χ0n) is 16.4. The van der Waals surface area contributed by atoms with E-state index in [4.69, 9.17) is 0 Å². The lowest BCUT2D eigenvalue weighted by atomic mass is 9.63. The third-order valence-corrected chi connectivity index (χ3v) is 6.91. The Kier molecular flexibility index (Phi) is 4.62. The Morgan fingerprint density at radius 3 is 2.23 bits per heavy atom. The van der Waals surface area contributed by atoms with Gasteiger partial charge in [-0.25, -0.2) is 4.79 Å². The minimum atomic E-state index is -0.368. The molecule has 1 aliphatic heterocycles. The second-order valence-electron chi connectivity index (χ2n) is 7.95. The minimum Gasteiger partial charge on any atom is -0.334 e. The van der Waals surface area contributed by atoms with E-state index < -0.39 is 0 Å². The molecule has 2 fully saturated rings. The van der Waals surface area contributed by atoms with Crippen molar-refractivity contribution in [2.24, 2.45) is 23.7 Å². The number of aryl methyl sites for hydroxylation is 1. The number of carbonyl (C=O) groups is 3. The van der Waals surface area contributed by atoms with E-state index in [0.717, 1.165) is 23.4 Å². The summed E-state index contributed by atoms with van der Waals surface area (Å²) in [7, 11) is 0. The summed E-state index contributed by atoms with van der Waals surface area (Å²) in [6, 6.07) is 6.81. The quantitative estimate of drug-likeness (QED) is 0.581. The summed E-state index contributed by atoms with van der Waals surface area (Å²) in [4.78, 5) is 39.4. The number of hydrogen-bond acceptors (Lipinski definition) is 6. The van der Waals surface area contributed by atoms with E-state index in [1.165, 1.54) is 16.2 Å². The Balaban J connectivity index is 1.24. The van der Waals surface area contributed by atoms with Gasteiger partial charge in [0.1, 0.15) is 5.01 Å². The zero-order valence-corrected chi connectivity index (χ0v) is 17.2. The van der Waals surface area contributed by atoms with E-state index >= 15 is 0 Å². The molecule has 30 heavy (non-hydrogen) atoms. The van der Waals surface area contributed by atoms with Gasteiger partial charge >= 0.3 is 6.03 Å². The van der Waals surface area contributed by atoms with Crippen LogP contribution in [-0.2, 0) is 16.1 Å². The first-order valence-corrected chi connectivity index (χ1v) is 10.8.